The van der Waals surface area contributed by atoms with Crippen molar-refractivity contribution in [2.24, 2.45) is 0 Å². The number of hydrogen-bond acceptors (Lipinski definition) is 3. The third kappa shape index (κ3) is 2.10. The monoisotopic (exact) mass is 198 g/mol. The minimum Gasteiger partial charge on any atom is -0.377 e. The SMILES string of the molecule is CC1OCCC1(C)NC[C@@H]1CCCN1. The number of rotatable bonds is 3. The van der Waals surface area contributed by atoms with E-state index in [0.29, 0.717) is 12.1 Å². The van der Waals surface area contributed by atoms with Crippen molar-refractivity contribution in [3.63, 3.8) is 0 Å². The second kappa shape index (κ2) is 4.17. The van der Waals surface area contributed by atoms with Crippen molar-refractivity contribution in [3.8, 4) is 0 Å². The maximum absolute atomic E-state index is 5.60. The van der Waals surface area contributed by atoms with Gasteiger partial charge in [0, 0.05) is 24.7 Å². The minimum absolute atomic E-state index is 0.199. The van der Waals surface area contributed by atoms with Gasteiger partial charge in [-0.05, 0) is 39.7 Å². The Kier molecular flexibility index (Phi) is 3.10. The van der Waals surface area contributed by atoms with Crippen LogP contribution in [0.3, 0.4) is 0 Å². The van der Waals surface area contributed by atoms with E-state index in [0.717, 1.165) is 19.6 Å². The third-order valence-electron chi connectivity index (χ3n) is 3.80. The van der Waals surface area contributed by atoms with Crippen LogP contribution in [-0.4, -0.2) is 37.4 Å². The van der Waals surface area contributed by atoms with E-state index in [2.05, 4.69) is 24.5 Å². The van der Waals surface area contributed by atoms with E-state index in [9.17, 15) is 0 Å². The first-order valence-corrected chi connectivity index (χ1v) is 5.81. The van der Waals surface area contributed by atoms with Crippen LogP contribution in [0.4, 0.5) is 0 Å². The molecule has 0 spiro atoms. The Labute approximate surface area is 86.6 Å². The van der Waals surface area contributed by atoms with Crippen molar-refractivity contribution in [2.45, 2.75) is 50.8 Å². The summed E-state index contributed by atoms with van der Waals surface area (Å²) in [6.07, 6.45) is 4.14. The number of nitrogens with one attached hydrogen (secondary N) is 2. The molecule has 0 radical (unpaired) electrons. The van der Waals surface area contributed by atoms with Crippen molar-refractivity contribution in [1.29, 1.82) is 0 Å². The van der Waals surface area contributed by atoms with Crippen molar-refractivity contribution in [2.75, 3.05) is 19.7 Å². The van der Waals surface area contributed by atoms with Gasteiger partial charge in [-0.15, -0.1) is 0 Å². The Morgan fingerprint density at radius 3 is 3.00 bits per heavy atom. The molecule has 0 aliphatic carbocycles. The fourth-order valence-electron chi connectivity index (χ4n) is 2.35. The summed E-state index contributed by atoms with van der Waals surface area (Å²) in [6, 6.07) is 0.680. The molecule has 0 bridgehead atoms. The van der Waals surface area contributed by atoms with Crippen molar-refractivity contribution < 1.29 is 4.74 Å². The summed E-state index contributed by atoms with van der Waals surface area (Å²) in [4.78, 5) is 0. The van der Waals surface area contributed by atoms with Crippen molar-refractivity contribution >= 4 is 0 Å². The molecule has 2 aliphatic heterocycles. The fraction of sp³-hybridized carbons (Fsp3) is 1.00. The molecule has 82 valence electrons. The predicted octanol–water partition coefficient (Wildman–Crippen LogP) is 0.895. The topological polar surface area (TPSA) is 33.3 Å². The van der Waals surface area contributed by atoms with Gasteiger partial charge in [0.05, 0.1) is 6.10 Å². The van der Waals surface area contributed by atoms with Gasteiger partial charge in [-0.1, -0.05) is 0 Å². The van der Waals surface area contributed by atoms with Crippen LogP contribution in [-0.2, 0) is 4.74 Å². The maximum atomic E-state index is 5.60. The largest absolute Gasteiger partial charge is 0.377 e. The van der Waals surface area contributed by atoms with Gasteiger partial charge in [0.1, 0.15) is 0 Å². The summed E-state index contributed by atoms with van der Waals surface area (Å²) in [5, 5.41) is 7.17. The molecular weight excluding hydrogens is 176 g/mol. The van der Waals surface area contributed by atoms with Gasteiger partial charge < -0.3 is 15.4 Å². The van der Waals surface area contributed by atoms with E-state index in [4.69, 9.17) is 4.74 Å². The molecule has 14 heavy (non-hydrogen) atoms. The minimum atomic E-state index is 0.199. The first kappa shape index (κ1) is 10.4. The quantitative estimate of drug-likeness (QED) is 0.707. The van der Waals surface area contributed by atoms with Crippen LogP contribution in [0.2, 0.25) is 0 Å². The molecular formula is C11H22N2O. The van der Waals surface area contributed by atoms with Gasteiger partial charge in [-0.2, -0.15) is 0 Å². The molecule has 0 aromatic heterocycles. The Morgan fingerprint density at radius 2 is 2.43 bits per heavy atom. The van der Waals surface area contributed by atoms with Crippen LogP contribution in [0.5, 0.6) is 0 Å². The molecule has 0 aromatic carbocycles. The molecule has 2 heterocycles. The van der Waals surface area contributed by atoms with E-state index in [-0.39, 0.29) is 5.54 Å². The number of ether oxygens (including phenoxy) is 1. The van der Waals surface area contributed by atoms with E-state index in [1.807, 2.05) is 0 Å². The molecule has 3 atom stereocenters. The molecule has 2 N–H and O–H groups in total. The van der Waals surface area contributed by atoms with Crippen LogP contribution in [0, 0.1) is 0 Å². The summed E-state index contributed by atoms with van der Waals surface area (Å²) in [6.45, 7) is 7.63. The number of hydrogen-bond donors (Lipinski definition) is 2. The highest BCUT2D eigenvalue weighted by molar-refractivity contribution is 4.94. The zero-order valence-electron chi connectivity index (χ0n) is 9.31. The summed E-state index contributed by atoms with van der Waals surface area (Å²) in [5.41, 5.74) is 0.199. The van der Waals surface area contributed by atoms with Gasteiger partial charge in [-0.25, -0.2) is 0 Å². The molecule has 3 heteroatoms. The first-order valence-electron chi connectivity index (χ1n) is 5.81. The zero-order valence-corrected chi connectivity index (χ0v) is 9.31. The lowest BCUT2D eigenvalue weighted by atomic mass is 9.94. The van der Waals surface area contributed by atoms with Gasteiger partial charge in [-0.3, -0.25) is 0 Å². The van der Waals surface area contributed by atoms with Crippen LogP contribution in [0.25, 0.3) is 0 Å². The second-order valence-corrected chi connectivity index (χ2v) is 4.85. The van der Waals surface area contributed by atoms with Crippen molar-refractivity contribution in [3.05, 3.63) is 0 Å². The average Bonchev–Trinajstić information content (AvgIpc) is 2.75. The smallest absolute Gasteiger partial charge is 0.0726 e. The predicted molar refractivity (Wildman–Crippen MR) is 57.5 cm³/mol. The summed E-state index contributed by atoms with van der Waals surface area (Å²) in [7, 11) is 0. The lowest BCUT2D eigenvalue weighted by molar-refractivity contribution is 0.0880. The summed E-state index contributed by atoms with van der Waals surface area (Å²) >= 11 is 0. The third-order valence-corrected chi connectivity index (χ3v) is 3.80. The van der Waals surface area contributed by atoms with Crippen LogP contribution < -0.4 is 10.6 Å². The van der Waals surface area contributed by atoms with Gasteiger partial charge in [0.25, 0.3) is 0 Å². The molecule has 0 amide bonds. The maximum Gasteiger partial charge on any atom is 0.0726 e. The highest BCUT2D eigenvalue weighted by atomic mass is 16.5. The summed E-state index contributed by atoms with van der Waals surface area (Å²) in [5.74, 6) is 0. The van der Waals surface area contributed by atoms with E-state index < -0.39 is 0 Å². The van der Waals surface area contributed by atoms with E-state index >= 15 is 0 Å². The molecule has 2 fully saturated rings. The molecule has 0 aromatic rings. The highest BCUT2D eigenvalue weighted by Crippen LogP contribution is 2.25. The lowest BCUT2D eigenvalue weighted by Gasteiger charge is -2.30. The molecule has 2 rings (SSSR count). The molecule has 3 nitrogen and oxygen atoms in total. The molecule has 2 saturated heterocycles. The van der Waals surface area contributed by atoms with E-state index in [1.165, 1.54) is 19.4 Å². The van der Waals surface area contributed by atoms with Gasteiger partial charge in [0.2, 0.25) is 0 Å². The standard InChI is InChI=1S/C11H22N2O/c1-9-11(2,5-7-14-9)13-8-10-4-3-6-12-10/h9-10,12-13H,3-8H2,1-2H3/t9?,10-,11?/m0/s1. The fourth-order valence-corrected chi connectivity index (χ4v) is 2.35. The van der Waals surface area contributed by atoms with Crippen LogP contribution in [0.15, 0.2) is 0 Å². The first-order chi connectivity index (χ1) is 6.71. The Balaban J connectivity index is 1.78. The Bertz CT molecular complexity index is 192. The van der Waals surface area contributed by atoms with Gasteiger partial charge in [0.15, 0.2) is 0 Å². The van der Waals surface area contributed by atoms with E-state index in [1.54, 1.807) is 0 Å². The molecule has 2 aliphatic rings. The van der Waals surface area contributed by atoms with Crippen molar-refractivity contribution in [1.82, 2.24) is 10.6 Å². The second-order valence-electron chi connectivity index (χ2n) is 4.85. The lowest BCUT2D eigenvalue weighted by Crippen LogP contribution is -2.51. The zero-order chi connectivity index (χ0) is 10.0. The summed E-state index contributed by atoms with van der Waals surface area (Å²) < 4.78 is 5.60. The Hall–Kier alpha value is -0.120. The Morgan fingerprint density at radius 1 is 1.57 bits per heavy atom. The molecule has 2 unspecified atom stereocenters. The van der Waals surface area contributed by atoms with Gasteiger partial charge >= 0.3 is 0 Å². The highest BCUT2D eigenvalue weighted by Gasteiger charge is 2.36. The normalized spacial score (nSPS) is 43.3. The molecule has 0 saturated carbocycles. The van der Waals surface area contributed by atoms with Crippen LogP contribution >= 0.6 is 0 Å². The average molecular weight is 198 g/mol. The van der Waals surface area contributed by atoms with Crippen LogP contribution in [0.1, 0.15) is 33.1 Å².